The molecule has 4 heteroatoms. The Morgan fingerprint density at radius 1 is 1.25 bits per heavy atom. The van der Waals surface area contributed by atoms with Gasteiger partial charge in [0.1, 0.15) is 11.4 Å². The zero-order chi connectivity index (χ0) is 14.2. The summed E-state index contributed by atoms with van der Waals surface area (Å²) in [5.41, 5.74) is 1.86. The molecule has 20 heavy (non-hydrogen) atoms. The molecule has 4 nitrogen and oxygen atoms in total. The number of rotatable bonds is 3. The fourth-order valence-electron chi connectivity index (χ4n) is 2.66. The lowest BCUT2D eigenvalue weighted by atomic mass is 9.79. The molecule has 1 aromatic heterocycles. The van der Waals surface area contributed by atoms with Crippen molar-refractivity contribution < 1.29 is 4.74 Å². The number of nitrogens with zero attached hydrogens (tertiary/aromatic N) is 1. The molecular formula is C16H18N2O2. The van der Waals surface area contributed by atoms with Crippen LogP contribution in [0, 0.1) is 6.92 Å². The molecule has 0 radical (unpaired) electrons. The van der Waals surface area contributed by atoms with Crippen LogP contribution in [0.1, 0.15) is 30.7 Å². The van der Waals surface area contributed by atoms with Gasteiger partial charge in [0.2, 0.25) is 0 Å². The maximum absolute atomic E-state index is 12.2. The number of hydrogen-bond donors (Lipinski definition) is 1. The second kappa shape index (κ2) is 4.87. The standard InChI is InChI=1S/C16H18N2O2/c1-11-13(12-7-4-3-5-8-12)17-15(18-14(11)19)16(20-2)9-6-10-16/h3-5,7-8H,6,9-10H2,1-2H3,(H,17,18,19). The minimum Gasteiger partial charge on any atom is -0.370 e. The third kappa shape index (κ3) is 1.96. The zero-order valence-corrected chi connectivity index (χ0v) is 11.8. The average Bonchev–Trinajstić information content (AvgIpc) is 2.43. The molecule has 2 aromatic rings. The highest BCUT2D eigenvalue weighted by Gasteiger charge is 2.41. The topological polar surface area (TPSA) is 55.0 Å². The van der Waals surface area contributed by atoms with E-state index in [4.69, 9.17) is 4.74 Å². The Labute approximate surface area is 117 Å². The number of H-pyrrole nitrogens is 1. The van der Waals surface area contributed by atoms with Crippen LogP contribution in [0.4, 0.5) is 0 Å². The molecule has 0 unspecified atom stereocenters. The summed E-state index contributed by atoms with van der Waals surface area (Å²) in [6.45, 7) is 1.80. The first kappa shape index (κ1) is 13.1. The summed E-state index contributed by atoms with van der Waals surface area (Å²) < 4.78 is 5.61. The summed E-state index contributed by atoms with van der Waals surface area (Å²) >= 11 is 0. The van der Waals surface area contributed by atoms with E-state index in [1.165, 1.54) is 0 Å². The van der Waals surface area contributed by atoms with Crippen LogP contribution in [0.25, 0.3) is 11.3 Å². The van der Waals surface area contributed by atoms with Crippen LogP contribution in [0.5, 0.6) is 0 Å². The van der Waals surface area contributed by atoms with Gasteiger partial charge in [-0.2, -0.15) is 0 Å². The van der Waals surface area contributed by atoms with E-state index >= 15 is 0 Å². The molecule has 0 spiro atoms. The van der Waals surface area contributed by atoms with E-state index in [1.54, 1.807) is 14.0 Å². The molecule has 104 valence electrons. The number of hydrogen-bond acceptors (Lipinski definition) is 3. The summed E-state index contributed by atoms with van der Waals surface area (Å²) in [6.07, 6.45) is 2.92. The fourth-order valence-corrected chi connectivity index (χ4v) is 2.66. The van der Waals surface area contributed by atoms with E-state index in [0.717, 1.165) is 30.5 Å². The van der Waals surface area contributed by atoms with Crippen LogP contribution in [0.15, 0.2) is 35.1 Å². The molecule has 1 heterocycles. The van der Waals surface area contributed by atoms with Crippen molar-refractivity contribution in [3.05, 3.63) is 52.1 Å². The first-order valence-corrected chi connectivity index (χ1v) is 6.88. The van der Waals surface area contributed by atoms with Gasteiger partial charge in [0.25, 0.3) is 5.56 Å². The van der Waals surface area contributed by atoms with Crippen molar-refractivity contribution in [2.45, 2.75) is 31.8 Å². The van der Waals surface area contributed by atoms with Gasteiger partial charge in [-0.05, 0) is 26.2 Å². The van der Waals surface area contributed by atoms with E-state index in [1.807, 2.05) is 30.3 Å². The Balaban J connectivity index is 2.16. The van der Waals surface area contributed by atoms with Crippen molar-refractivity contribution in [1.82, 2.24) is 9.97 Å². The number of aromatic nitrogens is 2. The number of ether oxygens (including phenoxy) is 1. The maximum atomic E-state index is 12.2. The Kier molecular flexibility index (Phi) is 3.18. The van der Waals surface area contributed by atoms with Crippen molar-refractivity contribution in [3.63, 3.8) is 0 Å². The van der Waals surface area contributed by atoms with Gasteiger partial charge in [0, 0.05) is 18.2 Å². The van der Waals surface area contributed by atoms with Crippen LogP contribution in [-0.4, -0.2) is 17.1 Å². The van der Waals surface area contributed by atoms with Crippen molar-refractivity contribution in [2.75, 3.05) is 7.11 Å². The molecule has 1 saturated carbocycles. The highest BCUT2D eigenvalue weighted by Crippen LogP contribution is 2.42. The minimum atomic E-state index is -0.406. The molecule has 3 rings (SSSR count). The highest BCUT2D eigenvalue weighted by atomic mass is 16.5. The van der Waals surface area contributed by atoms with Crippen molar-refractivity contribution in [1.29, 1.82) is 0 Å². The summed E-state index contributed by atoms with van der Waals surface area (Å²) in [4.78, 5) is 19.8. The summed E-state index contributed by atoms with van der Waals surface area (Å²) in [6, 6.07) is 9.80. The summed E-state index contributed by atoms with van der Waals surface area (Å²) in [7, 11) is 1.68. The first-order valence-electron chi connectivity index (χ1n) is 6.88. The molecule has 0 aliphatic heterocycles. The lowest BCUT2D eigenvalue weighted by Gasteiger charge is -2.39. The zero-order valence-electron chi connectivity index (χ0n) is 11.8. The van der Waals surface area contributed by atoms with Crippen molar-refractivity contribution >= 4 is 0 Å². The Morgan fingerprint density at radius 2 is 1.95 bits per heavy atom. The molecule has 1 fully saturated rings. The van der Waals surface area contributed by atoms with Gasteiger partial charge >= 0.3 is 0 Å². The first-order chi connectivity index (χ1) is 9.66. The average molecular weight is 270 g/mol. The van der Waals surface area contributed by atoms with Crippen LogP contribution < -0.4 is 5.56 Å². The molecule has 0 atom stereocenters. The van der Waals surface area contributed by atoms with Crippen LogP contribution in [-0.2, 0) is 10.3 Å². The van der Waals surface area contributed by atoms with E-state index in [-0.39, 0.29) is 5.56 Å². The van der Waals surface area contributed by atoms with Gasteiger partial charge in [-0.15, -0.1) is 0 Å². The predicted molar refractivity (Wildman–Crippen MR) is 77.6 cm³/mol. The highest BCUT2D eigenvalue weighted by molar-refractivity contribution is 5.62. The quantitative estimate of drug-likeness (QED) is 0.933. The van der Waals surface area contributed by atoms with E-state index in [2.05, 4.69) is 9.97 Å². The number of benzene rings is 1. The van der Waals surface area contributed by atoms with E-state index in [0.29, 0.717) is 11.4 Å². The molecule has 1 aliphatic carbocycles. The fraction of sp³-hybridized carbons (Fsp3) is 0.375. The Morgan fingerprint density at radius 3 is 2.50 bits per heavy atom. The minimum absolute atomic E-state index is 0.0859. The third-order valence-electron chi connectivity index (χ3n) is 4.18. The maximum Gasteiger partial charge on any atom is 0.254 e. The molecule has 1 aromatic carbocycles. The second-order valence-electron chi connectivity index (χ2n) is 5.31. The van der Waals surface area contributed by atoms with Crippen molar-refractivity contribution in [2.24, 2.45) is 0 Å². The number of methoxy groups -OCH3 is 1. The van der Waals surface area contributed by atoms with Crippen LogP contribution in [0.2, 0.25) is 0 Å². The Bertz CT molecular complexity index is 667. The molecule has 1 aliphatic rings. The molecule has 0 amide bonds. The Hall–Kier alpha value is -1.94. The van der Waals surface area contributed by atoms with Gasteiger partial charge in [-0.25, -0.2) is 4.98 Å². The van der Waals surface area contributed by atoms with Crippen LogP contribution >= 0.6 is 0 Å². The monoisotopic (exact) mass is 270 g/mol. The molecular weight excluding hydrogens is 252 g/mol. The van der Waals surface area contributed by atoms with Gasteiger partial charge in [-0.3, -0.25) is 4.79 Å². The van der Waals surface area contributed by atoms with Crippen molar-refractivity contribution in [3.8, 4) is 11.3 Å². The van der Waals surface area contributed by atoms with Gasteiger partial charge in [-0.1, -0.05) is 30.3 Å². The van der Waals surface area contributed by atoms with Gasteiger partial charge < -0.3 is 9.72 Å². The SMILES string of the molecule is COC1(c2nc(-c3ccccc3)c(C)c(=O)[nH]2)CCC1. The van der Waals surface area contributed by atoms with Gasteiger partial charge in [0.15, 0.2) is 0 Å². The normalized spacial score (nSPS) is 16.7. The van der Waals surface area contributed by atoms with E-state index in [9.17, 15) is 4.79 Å². The predicted octanol–water partition coefficient (Wildman–Crippen LogP) is 2.77. The third-order valence-corrected chi connectivity index (χ3v) is 4.18. The smallest absolute Gasteiger partial charge is 0.254 e. The largest absolute Gasteiger partial charge is 0.370 e. The summed E-state index contributed by atoms with van der Waals surface area (Å²) in [5.74, 6) is 0.653. The molecule has 0 bridgehead atoms. The number of aromatic amines is 1. The van der Waals surface area contributed by atoms with Crippen LogP contribution in [0.3, 0.4) is 0 Å². The molecule has 1 N–H and O–H groups in total. The lowest BCUT2D eigenvalue weighted by molar-refractivity contribution is -0.0847. The second-order valence-corrected chi connectivity index (χ2v) is 5.31. The lowest BCUT2D eigenvalue weighted by Crippen LogP contribution is -2.39. The van der Waals surface area contributed by atoms with Gasteiger partial charge in [0.05, 0.1) is 5.69 Å². The number of nitrogens with one attached hydrogen (secondary N) is 1. The molecule has 0 saturated heterocycles. The van der Waals surface area contributed by atoms with E-state index < -0.39 is 5.60 Å². The summed E-state index contributed by atoms with van der Waals surface area (Å²) in [5, 5.41) is 0.